The predicted octanol–water partition coefficient (Wildman–Crippen LogP) is 2.38. The van der Waals surface area contributed by atoms with E-state index in [0.717, 1.165) is 38.5 Å². The Hall–Kier alpha value is -2.21. The lowest BCUT2D eigenvalue weighted by Gasteiger charge is -2.29. The summed E-state index contributed by atoms with van der Waals surface area (Å²) in [4.78, 5) is 39.0. The van der Waals surface area contributed by atoms with Crippen LogP contribution >= 0.6 is 0 Å². The molecule has 3 rings (SSSR count). The van der Waals surface area contributed by atoms with Crippen LogP contribution in [0.1, 0.15) is 69.6 Å². The van der Waals surface area contributed by atoms with Gasteiger partial charge in [0.25, 0.3) is 17.7 Å². The number of carbonyl (C=O) groups excluding carboxylic acids is 3. The van der Waals surface area contributed by atoms with Crippen molar-refractivity contribution in [1.29, 1.82) is 0 Å². The lowest BCUT2D eigenvalue weighted by Crippen LogP contribution is -2.40. The van der Waals surface area contributed by atoms with Gasteiger partial charge in [-0.25, -0.2) is 0 Å². The number of nitrogens with zero attached hydrogens (tertiary/aromatic N) is 1. The molecule has 0 bridgehead atoms. The summed E-state index contributed by atoms with van der Waals surface area (Å²) in [6, 6.07) is 4.75. The summed E-state index contributed by atoms with van der Waals surface area (Å²) in [5.41, 5.74) is 1.16. The molecular weight excluding hydrogens is 320 g/mol. The van der Waals surface area contributed by atoms with Crippen LogP contribution in [-0.2, 0) is 4.74 Å². The Morgan fingerprint density at radius 3 is 2.60 bits per heavy atom. The van der Waals surface area contributed by atoms with Crippen molar-refractivity contribution in [2.24, 2.45) is 0 Å². The minimum atomic E-state index is -0.263. The van der Waals surface area contributed by atoms with Crippen molar-refractivity contribution < 1.29 is 19.1 Å². The molecule has 1 heterocycles. The zero-order valence-electron chi connectivity index (χ0n) is 14.5. The second-order valence-corrected chi connectivity index (χ2v) is 6.63. The van der Waals surface area contributed by atoms with Gasteiger partial charge in [0.1, 0.15) is 0 Å². The third kappa shape index (κ3) is 3.58. The molecule has 134 valence electrons. The van der Waals surface area contributed by atoms with Crippen molar-refractivity contribution in [2.75, 3.05) is 20.3 Å². The normalized spacial score (nSPS) is 17.7. The maximum absolute atomic E-state index is 12.7. The second-order valence-electron chi connectivity index (χ2n) is 6.63. The highest BCUT2D eigenvalue weighted by atomic mass is 16.5. The first-order chi connectivity index (χ1) is 12.1. The third-order valence-corrected chi connectivity index (χ3v) is 4.93. The molecule has 3 amide bonds. The molecular formula is C19H24N2O4. The highest BCUT2D eigenvalue weighted by Crippen LogP contribution is 2.31. The quantitative estimate of drug-likeness (QED) is 0.635. The van der Waals surface area contributed by atoms with E-state index in [1.807, 2.05) is 0 Å². The topological polar surface area (TPSA) is 75.7 Å². The minimum Gasteiger partial charge on any atom is -0.385 e. The molecule has 1 aromatic carbocycles. The average molecular weight is 344 g/mol. The van der Waals surface area contributed by atoms with Crippen molar-refractivity contribution in [3.8, 4) is 0 Å². The van der Waals surface area contributed by atoms with Crippen LogP contribution in [0.25, 0.3) is 0 Å². The molecule has 1 saturated carbocycles. The van der Waals surface area contributed by atoms with E-state index in [1.165, 1.54) is 4.90 Å². The molecule has 6 heteroatoms. The monoisotopic (exact) mass is 344 g/mol. The number of methoxy groups -OCH3 is 1. The molecule has 1 aliphatic heterocycles. The van der Waals surface area contributed by atoms with Crippen molar-refractivity contribution in [3.63, 3.8) is 0 Å². The number of nitrogens with one attached hydrogen (secondary N) is 1. The number of ether oxygens (including phenoxy) is 1. The van der Waals surface area contributed by atoms with Gasteiger partial charge in [0.15, 0.2) is 0 Å². The van der Waals surface area contributed by atoms with Crippen LogP contribution in [0.15, 0.2) is 18.2 Å². The van der Waals surface area contributed by atoms with Crippen LogP contribution in [0.5, 0.6) is 0 Å². The fourth-order valence-corrected chi connectivity index (χ4v) is 3.59. The van der Waals surface area contributed by atoms with Gasteiger partial charge >= 0.3 is 0 Å². The molecule has 1 N–H and O–H groups in total. The van der Waals surface area contributed by atoms with Crippen LogP contribution in [0.2, 0.25) is 0 Å². The molecule has 0 spiro atoms. The summed E-state index contributed by atoms with van der Waals surface area (Å²) in [5, 5.41) is 2.80. The summed E-state index contributed by atoms with van der Waals surface area (Å²) in [6.07, 6.45) is 5.73. The zero-order valence-corrected chi connectivity index (χ0v) is 14.5. The number of amides is 3. The fourth-order valence-electron chi connectivity index (χ4n) is 3.59. The van der Waals surface area contributed by atoms with E-state index < -0.39 is 0 Å². The van der Waals surface area contributed by atoms with Crippen LogP contribution in [0, 0.1) is 0 Å². The molecule has 0 unspecified atom stereocenters. The van der Waals surface area contributed by atoms with Gasteiger partial charge < -0.3 is 10.1 Å². The van der Waals surface area contributed by atoms with E-state index in [2.05, 4.69) is 5.32 Å². The first kappa shape index (κ1) is 17.6. The highest BCUT2D eigenvalue weighted by Gasteiger charge is 2.40. The molecule has 1 fully saturated rings. The molecule has 1 aliphatic carbocycles. The summed E-state index contributed by atoms with van der Waals surface area (Å²) < 4.78 is 4.95. The molecule has 0 radical (unpaired) electrons. The van der Waals surface area contributed by atoms with Gasteiger partial charge in [-0.05, 0) is 37.5 Å². The lowest BCUT2D eigenvalue weighted by atomic mass is 9.94. The maximum Gasteiger partial charge on any atom is 0.261 e. The van der Waals surface area contributed by atoms with Gasteiger partial charge in [0, 0.05) is 31.9 Å². The van der Waals surface area contributed by atoms with E-state index in [9.17, 15) is 14.4 Å². The Bertz CT molecular complexity index is 680. The summed E-state index contributed by atoms with van der Waals surface area (Å²) in [5.74, 6) is -0.727. The Morgan fingerprint density at radius 1 is 1.16 bits per heavy atom. The first-order valence-corrected chi connectivity index (χ1v) is 8.92. The molecule has 1 aromatic rings. The number of hydrogen-bond donors (Lipinski definition) is 1. The van der Waals surface area contributed by atoms with Gasteiger partial charge in [0.2, 0.25) is 0 Å². The van der Waals surface area contributed by atoms with Crippen LogP contribution in [0.4, 0.5) is 0 Å². The SMILES string of the molecule is COCCCNC(=O)c1ccc2c(c1)C(=O)N(C1CCCCC1)C2=O. The smallest absolute Gasteiger partial charge is 0.261 e. The highest BCUT2D eigenvalue weighted by molar-refractivity contribution is 6.22. The number of imide groups is 1. The number of carbonyl (C=O) groups is 3. The van der Waals surface area contributed by atoms with Gasteiger partial charge in [-0.2, -0.15) is 0 Å². The third-order valence-electron chi connectivity index (χ3n) is 4.93. The Balaban J connectivity index is 1.73. The lowest BCUT2D eigenvalue weighted by molar-refractivity contribution is 0.0549. The van der Waals surface area contributed by atoms with E-state index in [-0.39, 0.29) is 23.8 Å². The van der Waals surface area contributed by atoms with E-state index in [4.69, 9.17) is 4.74 Å². The van der Waals surface area contributed by atoms with Gasteiger partial charge in [0.05, 0.1) is 11.1 Å². The van der Waals surface area contributed by atoms with Crippen molar-refractivity contribution in [1.82, 2.24) is 10.2 Å². The maximum atomic E-state index is 12.7. The van der Waals surface area contributed by atoms with Crippen LogP contribution in [-0.4, -0.2) is 48.9 Å². The summed E-state index contributed by atoms with van der Waals surface area (Å²) >= 11 is 0. The summed E-state index contributed by atoms with van der Waals surface area (Å²) in [7, 11) is 1.61. The molecule has 0 saturated heterocycles. The number of rotatable bonds is 6. The largest absolute Gasteiger partial charge is 0.385 e. The van der Waals surface area contributed by atoms with Gasteiger partial charge in [-0.3, -0.25) is 19.3 Å². The standard InChI is InChI=1S/C19H24N2O4/c1-25-11-5-10-20-17(22)13-8-9-15-16(12-13)19(24)21(18(15)23)14-6-3-2-4-7-14/h8-9,12,14H,2-7,10-11H2,1H3,(H,20,22). The van der Waals surface area contributed by atoms with Crippen molar-refractivity contribution >= 4 is 17.7 Å². The van der Waals surface area contributed by atoms with Crippen LogP contribution < -0.4 is 5.32 Å². The number of fused-ring (bicyclic) bond motifs is 1. The van der Waals surface area contributed by atoms with E-state index >= 15 is 0 Å². The predicted molar refractivity (Wildman–Crippen MR) is 92.6 cm³/mol. The first-order valence-electron chi connectivity index (χ1n) is 8.92. The second kappa shape index (κ2) is 7.78. The number of hydrogen-bond acceptors (Lipinski definition) is 4. The average Bonchev–Trinajstić information content (AvgIpc) is 2.89. The van der Waals surface area contributed by atoms with Gasteiger partial charge in [-0.1, -0.05) is 19.3 Å². The molecule has 0 aromatic heterocycles. The van der Waals surface area contributed by atoms with Crippen LogP contribution in [0.3, 0.4) is 0 Å². The van der Waals surface area contributed by atoms with E-state index in [0.29, 0.717) is 29.8 Å². The van der Waals surface area contributed by atoms with Gasteiger partial charge in [-0.15, -0.1) is 0 Å². The Labute approximate surface area is 147 Å². The Kier molecular flexibility index (Phi) is 5.48. The summed E-state index contributed by atoms with van der Waals surface area (Å²) in [6.45, 7) is 1.08. The molecule has 6 nitrogen and oxygen atoms in total. The van der Waals surface area contributed by atoms with E-state index in [1.54, 1.807) is 25.3 Å². The Morgan fingerprint density at radius 2 is 1.88 bits per heavy atom. The van der Waals surface area contributed by atoms with Crippen molar-refractivity contribution in [2.45, 2.75) is 44.6 Å². The van der Waals surface area contributed by atoms with Crippen molar-refractivity contribution in [3.05, 3.63) is 34.9 Å². The molecule has 2 aliphatic rings. The number of benzene rings is 1. The molecule has 25 heavy (non-hydrogen) atoms. The fraction of sp³-hybridized carbons (Fsp3) is 0.526. The zero-order chi connectivity index (χ0) is 17.8. The minimum absolute atomic E-state index is 0.00697. The molecule has 0 atom stereocenters.